The van der Waals surface area contributed by atoms with Crippen molar-refractivity contribution in [2.45, 2.75) is 26.2 Å². The van der Waals surface area contributed by atoms with Gasteiger partial charge in [0.2, 0.25) is 0 Å². The lowest BCUT2D eigenvalue weighted by Crippen LogP contribution is -2.40. The fourth-order valence-corrected chi connectivity index (χ4v) is 3.25. The number of aromatic nitrogens is 1. The van der Waals surface area contributed by atoms with E-state index in [0.29, 0.717) is 13.1 Å². The van der Waals surface area contributed by atoms with Crippen LogP contribution in [0, 0.1) is 18.3 Å². The Hall–Kier alpha value is -1.78. The van der Waals surface area contributed by atoms with E-state index >= 15 is 0 Å². The number of nitrogens with zero attached hydrogens (tertiary/aromatic N) is 1. The number of carbonyl (C=O) groups excluding carboxylic acids is 1. The van der Waals surface area contributed by atoms with E-state index in [2.05, 4.69) is 4.98 Å². The molecule has 2 fully saturated rings. The molecular weight excluding hydrogens is 244 g/mol. The topological polar surface area (TPSA) is 73.4 Å². The van der Waals surface area contributed by atoms with Crippen molar-refractivity contribution in [2.24, 2.45) is 11.3 Å². The smallest absolute Gasteiger partial charge is 0.307 e. The highest BCUT2D eigenvalue weighted by Gasteiger charge is 2.59. The molecule has 1 aliphatic heterocycles. The van der Waals surface area contributed by atoms with Crippen LogP contribution >= 0.6 is 0 Å². The van der Waals surface area contributed by atoms with Crippen LogP contribution in [0.25, 0.3) is 0 Å². The number of aliphatic carboxylic acids is 1. The van der Waals surface area contributed by atoms with Crippen LogP contribution < -0.4 is 0 Å². The third-order valence-electron chi connectivity index (χ3n) is 4.72. The number of amides is 1. The Bertz CT molecular complexity index is 527. The van der Waals surface area contributed by atoms with Crippen molar-refractivity contribution >= 4 is 11.9 Å². The summed E-state index contributed by atoms with van der Waals surface area (Å²) in [6.07, 6.45) is 5.98. The van der Waals surface area contributed by atoms with Gasteiger partial charge in [0.15, 0.2) is 0 Å². The molecule has 1 spiro atoms. The van der Waals surface area contributed by atoms with Gasteiger partial charge in [0.1, 0.15) is 0 Å². The molecule has 1 saturated carbocycles. The van der Waals surface area contributed by atoms with E-state index in [-0.39, 0.29) is 17.2 Å². The van der Waals surface area contributed by atoms with Gasteiger partial charge in [0.25, 0.3) is 5.91 Å². The lowest BCUT2D eigenvalue weighted by Gasteiger charge is -2.32. The number of nitrogens with one attached hydrogen (secondary N) is 1. The third-order valence-corrected chi connectivity index (χ3v) is 4.72. The number of H-pyrrole nitrogens is 1. The van der Waals surface area contributed by atoms with E-state index in [4.69, 9.17) is 5.11 Å². The molecule has 5 nitrogen and oxygen atoms in total. The highest BCUT2D eigenvalue weighted by atomic mass is 16.4. The molecule has 1 atom stereocenters. The Morgan fingerprint density at radius 2 is 2.05 bits per heavy atom. The van der Waals surface area contributed by atoms with E-state index in [1.165, 1.54) is 0 Å². The summed E-state index contributed by atoms with van der Waals surface area (Å²) < 4.78 is 0. The van der Waals surface area contributed by atoms with Crippen molar-refractivity contribution in [3.05, 3.63) is 23.5 Å². The maximum absolute atomic E-state index is 12.3. The quantitative estimate of drug-likeness (QED) is 0.851. The number of carboxylic acid groups (broad SMARTS) is 1. The molecule has 1 saturated heterocycles. The van der Waals surface area contributed by atoms with Gasteiger partial charge < -0.3 is 15.0 Å². The van der Waals surface area contributed by atoms with Crippen LogP contribution in [-0.2, 0) is 4.79 Å². The monoisotopic (exact) mass is 262 g/mol. The van der Waals surface area contributed by atoms with Gasteiger partial charge in [-0.1, -0.05) is 0 Å². The maximum atomic E-state index is 12.3. The predicted molar refractivity (Wildman–Crippen MR) is 68.8 cm³/mol. The van der Waals surface area contributed by atoms with Crippen LogP contribution in [0.3, 0.4) is 0 Å². The summed E-state index contributed by atoms with van der Waals surface area (Å²) in [6, 6.07) is 0. The van der Waals surface area contributed by atoms with Crippen molar-refractivity contribution in [2.75, 3.05) is 13.1 Å². The largest absolute Gasteiger partial charge is 0.481 e. The zero-order chi connectivity index (χ0) is 13.6. The molecule has 19 heavy (non-hydrogen) atoms. The van der Waals surface area contributed by atoms with Gasteiger partial charge in [-0.15, -0.1) is 0 Å². The molecule has 0 aromatic carbocycles. The standard InChI is InChI=1S/C14H18N2O3/c1-9-7-15-8-10(9)12(17)16-4-2-14(3-5-16)6-11(14)13(18)19/h7-8,11,15H,2-6H2,1H3,(H,18,19). The summed E-state index contributed by atoms with van der Waals surface area (Å²) in [7, 11) is 0. The molecule has 2 heterocycles. The van der Waals surface area contributed by atoms with Crippen molar-refractivity contribution < 1.29 is 14.7 Å². The molecule has 1 aromatic heterocycles. The fourth-order valence-electron chi connectivity index (χ4n) is 3.25. The van der Waals surface area contributed by atoms with Gasteiger partial charge >= 0.3 is 5.97 Å². The lowest BCUT2D eigenvalue weighted by atomic mass is 9.90. The zero-order valence-corrected chi connectivity index (χ0v) is 11.0. The summed E-state index contributed by atoms with van der Waals surface area (Å²) in [4.78, 5) is 28.1. The number of carbonyl (C=O) groups is 2. The Labute approximate surface area is 111 Å². The minimum Gasteiger partial charge on any atom is -0.481 e. The number of carboxylic acids is 1. The summed E-state index contributed by atoms with van der Waals surface area (Å²) in [5.74, 6) is -0.805. The Morgan fingerprint density at radius 3 is 2.53 bits per heavy atom. The van der Waals surface area contributed by atoms with Gasteiger partial charge in [0.05, 0.1) is 11.5 Å². The lowest BCUT2D eigenvalue weighted by molar-refractivity contribution is -0.139. The van der Waals surface area contributed by atoms with Crippen LogP contribution in [0.15, 0.2) is 12.4 Å². The van der Waals surface area contributed by atoms with Gasteiger partial charge in [-0.25, -0.2) is 0 Å². The Morgan fingerprint density at radius 1 is 1.37 bits per heavy atom. The SMILES string of the molecule is Cc1c[nH]cc1C(=O)N1CCC2(CC1)CC2C(=O)O. The van der Waals surface area contributed by atoms with Crippen LogP contribution in [0.1, 0.15) is 35.2 Å². The van der Waals surface area contributed by atoms with E-state index in [1.54, 1.807) is 6.20 Å². The van der Waals surface area contributed by atoms with E-state index < -0.39 is 5.97 Å². The van der Waals surface area contributed by atoms with Crippen molar-refractivity contribution in [1.82, 2.24) is 9.88 Å². The highest BCUT2D eigenvalue weighted by Crippen LogP contribution is 2.59. The molecule has 1 unspecified atom stereocenters. The minimum absolute atomic E-state index is 0.0181. The normalized spacial score (nSPS) is 24.5. The van der Waals surface area contributed by atoms with Crippen LogP contribution in [0.5, 0.6) is 0 Å². The molecule has 102 valence electrons. The first-order chi connectivity index (χ1) is 9.03. The van der Waals surface area contributed by atoms with Gasteiger partial charge in [-0.2, -0.15) is 0 Å². The minimum atomic E-state index is -0.679. The molecular formula is C14H18N2O3. The number of hydrogen-bond donors (Lipinski definition) is 2. The number of aryl methyl sites for hydroxylation is 1. The van der Waals surface area contributed by atoms with Gasteiger partial charge in [-0.05, 0) is 37.2 Å². The average molecular weight is 262 g/mol. The number of likely N-dealkylation sites (tertiary alicyclic amines) is 1. The Balaban J connectivity index is 1.64. The summed E-state index contributed by atoms with van der Waals surface area (Å²) in [5.41, 5.74) is 1.66. The van der Waals surface area contributed by atoms with Crippen LogP contribution in [-0.4, -0.2) is 40.0 Å². The molecule has 2 aliphatic rings. The highest BCUT2D eigenvalue weighted by molar-refractivity contribution is 5.95. The number of piperidine rings is 1. The average Bonchev–Trinajstić information content (AvgIpc) is 2.92. The van der Waals surface area contributed by atoms with Crippen LogP contribution in [0.2, 0.25) is 0 Å². The fraction of sp³-hybridized carbons (Fsp3) is 0.571. The van der Waals surface area contributed by atoms with Gasteiger partial charge in [0, 0.05) is 25.5 Å². The van der Waals surface area contributed by atoms with E-state index in [0.717, 1.165) is 30.4 Å². The summed E-state index contributed by atoms with van der Waals surface area (Å²) in [6.45, 7) is 3.26. The zero-order valence-electron chi connectivity index (χ0n) is 11.0. The molecule has 0 bridgehead atoms. The molecule has 0 radical (unpaired) electrons. The maximum Gasteiger partial charge on any atom is 0.307 e. The molecule has 1 aliphatic carbocycles. The van der Waals surface area contributed by atoms with Crippen molar-refractivity contribution in [1.29, 1.82) is 0 Å². The first kappa shape index (κ1) is 12.3. The van der Waals surface area contributed by atoms with Gasteiger partial charge in [-0.3, -0.25) is 9.59 Å². The Kier molecular flexibility index (Phi) is 2.66. The number of rotatable bonds is 2. The number of hydrogen-bond acceptors (Lipinski definition) is 2. The summed E-state index contributed by atoms with van der Waals surface area (Å²) in [5, 5.41) is 9.05. The molecule has 2 N–H and O–H groups in total. The van der Waals surface area contributed by atoms with E-state index in [1.807, 2.05) is 18.0 Å². The predicted octanol–water partition coefficient (Wildman–Crippen LogP) is 1.65. The first-order valence-corrected chi connectivity index (χ1v) is 6.69. The second-order valence-corrected chi connectivity index (χ2v) is 5.80. The molecule has 5 heteroatoms. The summed E-state index contributed by atoms with van der Waals surface area (Å²) >= 11 is 0. The number of aromatic amines is 1. The second kappa shape index (κ2) is 4.11. The second-order valence-electron chi connectivity index (χ2n) is 5.80. The molecule has 1 aromatic rings. The van der Waals surface area contributed by atoms with Crippen LogP contribution in [0.4, 0.5) is 0 Å². The first-order valence-electron chi connectivity index (χ1n) is 6.69. The molecule has 1 amide bonds. The van der Waals surface area contributed by atoms with Crippen molar-refractivity contribution in [3.8, 4) is 0 Å². The third kappa shape index (κ3) is 1.93. The van der Waals surface area contributed by atoms with E-state index in [9.17, 15) is 9.59 Å². The molecule has 3 rings (SSSR count). The van der Waals surface area contributed by atoms with Crippen molar-refractivity contribution in [3.63, 3.8) is 0 Å².